The minimum absolute atomic E-state index is 0.0207. The molecule has 0 spiro atoms. The van der Waals surface area contributed by atoms with Crippen LogP contribution >= 0.6 is 0 Å². The molecule has 28 heavy (non-hydrogen) atoms. The summed E-state index contributed by atoms with van der Waals surface area (Å²) in [6.07, 6.45) is 0. The van der Waals surface area contributed by atoms with Gasteiger partial charge in [-0.2, -0.15) is 5.26 Å². The second-order valence-corrected chi connectivity index (χ2v) is 7.38. The van der Waals surface area contributed by atoms with E-state index < -0.39 is 16.4 Å². The van der Waals surface area contributed by atoms with Crippen LogP contribution in [0.25, 0.3) is 11.1 Å². The zero-order valence-electron chi connectivity index (χ0n) is 15.6. The molecule has 0 fully saturated rings. The highest BCUT2D eigenvalue weighted by Crippen LogP contribution is 2.35. The molecule has 1 atom stereocenters. The summed E-state index contributed by atoms with van der Waals surface area (Å²) in [5.41, 5.74) is 1.11. The van der Waals surface area contributed by atoms with E-state index in [0.29, 0.717) is 38.1 Å². The predicted octanol–water partition coefficient (Wildman–Crippen LogP) is 3.41. The molecule has 2 aromatic carbocycles. The average molecular weight is 394 g/mol. The van der Waals surface area contributed by atoms with E-state index in [4.69, 9.17) is 9.47 Å². The lowest BCUT2D eigenvalue weighted by Gasteiger charge is -2.14. The van der Waals surface area contributed by atoms with Crippen LogP contribution in [0.1, 0.15) is 11.3 Å². The standard InChI is InChI=1S/C21H18N2O4S/c1-13-10-16(17(12-22)21(24)23-13)15-6-4-5-7-19(15)28(25)20-11-14(26-2)8-9-18(20)27-3/h4-11H,1-3H3,(H,23,24). The van der Waals surface area contributed by atoms with Crippen molar-refractivity contribution in [3.63, 3.8) is 0 Å². The summed E-state index contributed by atoms with van der Waals surface area (Å²) >= 11 is 0. The van der Waals surface area contributed by atoms with E-state index in [1.54, 1.807) is 55.5 Å². The van der Waals surface area contributed by atoms with E-state index in [1.165, 1.54) is 14.2 Å². The van der Waals surface area contributed by atoms with Crippen molar-refractivity contribution in [2.24, 2.45) is 0 Å². The molecule has 0 aliphatic carbocycles. The molecule has 0 aliphatic heterocycles. The molecule has 1 unspecified atom stereocenters. The summed E-state index contributed by atoms with van der Waals surface area (Å²) in [4.78, 5) is 15.7. The smallest absolute Gasteiger partial charge is 0.266 e. The maximum absolute atomic E-state index is 13.5. The fourth-order valence-electron chi connectivity index (χ4n) is 2.91. The Kier molecular flexibility index (Phi) is 5.62. The Hall–Kier alpha value is -3.37. The largest absolute Gasteiger partial charge is 0.497 e. The van der Waals surface area contributed by atoms with Crippen LogP contribution in [0.15, 0.2) is 63.1 Å². The highest BCUT2D eigenvalue weighted by Gasteiger charge is 2.20. The minimum Gasteiger partial charge on any atom is -0.497 e. The van der Waals surface area contributed by atoms with Crippen LogP contribution in [0.3, 0.4) is 0 Å². The van der Waals surface area contributed by atoms with Crippen LogP contribution in [0, 0.1) is 18.3 Å². The van der Waals surface area contributed by atoms with Gasteiger partial charge in [-0.1, -0.05) is 18.2 Å². The van der Waals surface area contributed by atoms with Gasteiger partial charge < -0.3 is 14.5 Å². The minimum atomic E-state index is -1.63. The molecule has 0 amide bonds. The molecule has 0 bridgehead atoms. The third-order valence-corrected chi connectivity index (χ3v) is 5.70. The first-order valence-corrected chi connectivity index (χ1v) is 9.52. The van der Waals surface area contributed by atoms with Crippen LogP contribution in [0.2, 0.25) is 0 Å². The Morgan fingerprint density at radius 1 is 1.00 bits per heavy atom. The van der Waals surface area contributed by atoms with Crippen LogP contribution in [0.5, 0.6) is 11.5 Å². The lowest BCUT2D eigenvalue weighted by molar-refractivity contribution is 0.393. The van der Waals surface area contributed by atoms with Crippen molar-refractivity contribution in [1.29, 1.82) is 5.26 Å². The Morgan fingerprint density at radius 2 is 1.75 bits per heavy atom. The Balaban J connectivity index is 2.25. The normalized spacial score (nSPS) is 11.5. The molecule has 1 heterocycles. The van der Waals surface area contributed by atoms with Crippen LogP contribution in [0.4, 0.5) is 0 Å². The Labute approximate surface area is 164 Å². The molecule has 3 aromatic rings. The highest BCUT2D eigenvalue weighted by molar-refractivity contribution is 7.85. The summed E-state index contributed by atoms with van der Waals surface area (Å²) in [5.74, 6) is 1.00. The van der Waals surface area contributed by atoms with Gasteiger partial charge in [0.15, 0.2) is 0 Å². The summed E-state index contributed by atoms with van der Waals surface area (Å²) in [7, 11) is 1.40. The first-order valence-electron chi connectivity index (χ1n) is 8.37. The fraction of sp³-hybridized carbons (Fsp3) is 0.143. The van der Waals surface area contributed by atoms with Gasteiger partial charge in [0, 0.05) is 17.3 Å². The number of nitriles is 1. The highest BCUT2D eigenvalue weighted by atomic mass is 32.2. The van der Waals surface area contributed by atoms with Crippen molar-refractivity contribution < 1.29 is 13.7 Å². The van der Waals surface area contributed by atoms with E-state index in [-0.39, 0.29) is 5.56 Å². The number of aryl methyl sites for hydroxylation is 1. The molecule has 0 radical (unpaired) electrons. The maximum atomic E-state index is 13.5. The SMILES string of the molecule is COc1ccc(OC)c(S(=O)c2ccccc2-c2cc(C)[nH]c(=O)c2C#N)c1. The number of H-pyrrole nitrogens is 1. The molecule has 1 N–H and O–H groups in total. The molecular weight excluding hydrogens is 376 g/mol. The summed E-state index contributed by atoms with van der Waals surface area (Å²) in [5, 5.41) is 9.47. The third kappa shape index (κ3) is 3.55. The van der Waals surface area contributed by atoms with Gasteiger partial charge in [-0.15, -0.1) is 0 Å². The molecule has 142 valence electrons. The zero-order valence-corrected chi connectivity index (χ0v) is 16.4. The Morgan fingerprint density at radius 3 is 2.43 bits per heavy atom. The number of nitrogens with one attached hydrogen (secondary N) is 1. The number of aromatic amines is 1. The lowest BCUT2D eigenvalue weighted by Crippen LogP contribution is -2.13. The topological polar surface area (TPSA) is 92.2 Å². The number of benzene rings is 2. The number of ether oxygens (including phenoxy) is 2. The maximum Gasteiger partial charge on any atom is 0.266 e. The van der Waals surface area contributed by atoms with Gasteiger partial charge in [0.25, 0.3) is 5.56 Å². The molecule has 3 rings (SSSR count). The molecular formula is C21H18N2O4S. The van der Waals surface area contributed by atoms with Crippen molar-refractivity contribution in [3.8, 4) is 28.7 Å². The molecule has 6 nitrogen and oxygen atoms in total. The molecule has 0 aliphatic rings. The summed E-state index contributed by atoms with van der Waals surface area (Å²) in [6.45, 7) is 1.73. The van der Waals surface area contributed by atoms with Gasteiger partial charge >= 0.3 is 0 Å². The first-order chi connectivity index (χ1) is 13.5. The average Bonchev–Trinajstić information content (AvgIpc) is 2.72. The molecule has 1 aromatic heterocycles. The molecule has 0 saturated carbocycles. The fourth-order valence-corrected chi connectivity index (χ4v) is 4.28. The van der Waals surface area contributed by atoms with Gasteiger partial charge in [-0.3, -0.25) is 4.79 Å². The van der Waals surface area contributed by atoms with Gasteiger partial charge in [-0.25, -0.2) is 4.21 Å². The number of hydrogen-bond donors (Lipinski definition) is 1. The number of hydrogen-bond acceptors (Lipinski definition) is 5. The third-order valence-electron chi connectivity index (χ3n) is 4.23. The number of aromatic nitrogens is 1. The number of methoxy groups -OCH3 is 2. The van der Waals surface area contributed by atoms with Crippen molar-refractivity contribution in [2.45, 2.75) is 16.7 Å². The number of pyridine rings is 1. The van der Waals surface area contributed by atoms with E-state index >= 15 is 0 Å². The monoisotopic (exact) mass is 394 g/mol. The van der Waals surface area contributed by atoms with Crippen molar-refractivity contribution >= 4 is 10.8 Å². The second kappa shape index (κ2) is 8.11. The van der Waals surface area contributed by atoms with E-state index in [0.717, 1.165) is 0 Å². The quantitative estimate of drug-likeness (QED) is 0.716. The summed E-state index contributed by atoms with van der Waals surface area (Å²) < 4.78 is 24.1. The predicted molar refractivity (Wildman–Crippen MR) is 106 cm³/mol. The van der Waals surface area contributed by atoms with Crippen molar-refractivity contribution in [1.82, 2.24) is 4.98 Å². The van der Waals surface area contributed by atoms with E-state index in [2.05, 4.69) is 4.98 Å². The van der Waals surface area contributed by atoms with Gasteiger partial charge in [0.2, 0.25) is 0 Å². The summed E-state index contributed by atoms with van der Waals surface area (Å²) in [6, 6.07) is 15.7. The van der Waals surface area contributed by atoms with Gasteiger partial charge in [0.1, 0.15) is 23.1 Å². The van der Waals surface area contributed by atoms with Crippen LogP contribution in [-0.2, 0) is 10.8 Å². The van der Waals surface area contributed by atoms with Crippen LogP contribution in [-0.4, -0.2) is 23.4 Å². The lowest BCUT2D eigenvalue weighted by atomic mass is 10.0. The van der Waals surface area contributed by atoms with Gasteiger partial charge in [-0.05, 0) is 36.8 Å². The first kappa shape index (κ1) is 19.4. The van der Waals surface area contributed by atoms with Crippen LogP contribution < -0.4 is 15.0 Å². The second-order valence-electron chi connectivity index (χ2n) is 5.96. The van der Waals surface area contributed by atoms with Crippen molar-refractivity contribution in [3.05, 3.63) is 70.1 Å². The number of rotatable bonds is 5. The van der Waals surface area contributed by atoms with E-state index in [1.807, 2.05) is 6.07 Å². The zero-order chi connectivity index (χ0) is 20.3. The van der Waals surface area contributed by atoms with Crippen molar-refractivity contribution in [2.75, 3.05) is 14.2 Å². The molecule has 7 heteroatoms. The number of nitrogens with zero attached hydrogens (tertiary/aromatic N) is 1. The molecule has 0 saturated heterocycles. The van der Waals surface area contributed by atoms with Gasteiger partial charge in [0.05, 0.1) is 34.8 Å². The van der Waals surface area contributed by atoms with E-state index in [9.17, 15) is 14.3 Å². The Bertz CT molecular complexity index is 1160.